The molecular formula is C25H33ClN6O5. The van der Waals surface area contributed by atoms with E-state index in [1.165, 1.54) is 0 Å². The van der Waals surface area contributed by atoms with Gasteiger partial charge in [0.15, 0.2) is 0 Å². The van der Waals surface area contributed by atoms with E-state index in [0.29, 0.717) is 81.3 Å². The van der Waals surface area contributed by atoms with Gasteiger partial charge in [0, 0.05) is 50.7 Å². The third-order valence-electron chi connectivity index (χ3n) is 7.13. The molecule has 2 amide bonds. The average Bonchev–Trinajstić information content (AvgIpc) is 3.52. The molecule has 0 aliphatic carbocycles. The minimum absolute atomic E-state index is 0.197. The van der Waals surface area contributed by atoms with Crippen LogP contribution in [-0.2, 0) is 22.6 Å². The predicted molar refractivity (Wildman–Crippen MR) is 135 cm³/mol. The van der Waals surface area contributed by atoms with Crippen molar-refractivity contribution in [3.05, 3.63) is 40.7 Å². The smallest absolute Gasteiger partial charge is 0.409 e. The first-order chi connectivity index (χ1) is 18.0. The molecule has 12 heteroatoms. The van der Waals surface area contributed by atoms with Gasteiger partial charge in [-0.15, -0.1) is 5.10 Å². The number of aromatic nitrogens is 3. The molecule has 0 radical (unpaired) electrons. The molecule has 2 fully saturated rings. The molecule has 4 heterocycles. The van der Waals surface area contributed by atoms with Crippen molar-refractivity contribution in [2.45, 2.75) is 57.5 Å². The maximum absolute atomic E-state index is 13.2. The van der Waals surface area contributed by atoms with Crippen molar-refractivity contribution >= 4 is 23.6 Å². The van der Waals surface area contributed by atoms with Crippen molar-refractivity contribution in [2.24, 2.45) is 0 Å². The lowest BCUT2D eigenvalue weighted by Crippen LogP contribution is -2.47. The van der Waals surface area contributed by atoms with E-state index in [4.69, 9.17) is 25.8 Å². The SMILES string of the molecule is CCOC(=O)N1CCC(N2C[C@@H]3NC(=O)c4ccc(Cl)c(c4)OCCCn4cc(nn4)CO[C@H]3C2)CC1. The molecule has 1 aromatic heterocycles. The third-order valence-corrected chi connectivity index (χ3v) is 7.44. The number of hydrogen-bond acceptors (Lipinski definition) is 8. The number of carbonyl (C=O) groups excluding carboxylic acids is 2. The first-order valence-electron chi connectivity index (χ1n) is 12.9. The van der Waals surface area contributed by atoms with E-state index in [1.54, 1.807) is 27.8 Å². The van der Waals surface area contributed by atoms with Crippen LogP contribution in [0.5, 0.6) is 5.75 Å². The molecule has 0 unspecified atom stereocenters. The van der Waals surface area contributed by atoms with Crippen LogP contribution in [0.15, 0.2) is 24.4 Å². The highest BCUT2D eigenvalue weighted by Gasteiger charge is 2.39. The number of fused-ring (bicyclic) bond motifs is 5. The Hall–Kier alpha value is -2.89. The van der Waals surface area contributed by atoms with Crippen LogP contribution in [-0.4, -0.2) is 94.4 Å². The quantitative estimate of drug-likeness (QED) is 0.627. The van der Waals surface area contributed by atoms with Crippen LogP contribution in [0.4, 0.5) is 4.79 Å². The van der Waals surface area contributed by atoms with Gasteiger partial charge in [-0.25, -0.2) is 4.79 Å². The number of hydrogen-bond donors (Lipinski definition) is 1. The highest BCUT2D eigenvalue weighted by atomic mass is 35.5. The minimum atomic E-state index is -0.253. The molecule has 1 N–H and O–H groups in total. The molecule has 37 heavy (non-hydrogen) atoms. The lowest BCUT2D eigenvalue weighted by molar-refractivity contribution is 0.0247. The van der Waals surface area contributed by atoms with Crippen LogP contribution in [0.1, 0.15) is 42.2 Å². The molecule has 2 saturated heterocycles. The van der Waals surface area contributed by atoms with Gasteiger partial charge in [0.05, 0.1) is 43.2 Å². The van der Waals surface area contributed by atoms with Gasteiger partial charge in [0.2, 0.25) is 0 Å². The van der Waals surface area contributed by atoms with Gasteiger partial charge in [-0.1, -0.05) is 16.8 Å². The van der Waals surface area contributed by atoms with Crippen LogP contribution in [0.25, 0.3) is 0 Å². The number of nitrogens with zero attached hydrogens (tertiary/aromatic N) is 5. The van der Waals surface area contributed by atoms with E-state index in [1.807, 2.05) is 13.1 Å². The molecule has 11 nitrogen and oxygen atoms in total. The number of nitrogens with one attached hydrogen (secondary N) is 1. The number of piperidine rings is 1. The summed E-state index contributed by atoms with van der Waals surface area (Å²) in [6.45, 7) is 6.23. The first kappa shape index (κ1) is 25.7. The first-order valence-corrected chi connectivity index (χ1v) is 13.3. The maximum Gasteiger partial charge on any atom is 0.409 e. The van der Waals surface area contributed by atoms with Gasteiger partial charge in [0.1, 0.15) is 11.4 Å². The summed E-state index contributed by atoms with van der Waals surface area (Å²) in [7, 11) is 0. The summed E-state index contributed by atoms with van der Waals surface area (Å²) in [6.07, 6.45) is 3.82. The van der Waals surface area contributed by atoms with E-state index in [0.717, 1.165) is 18.5 Å². The molecule has 1 aromatic carbocycles. The van der Waals surface area contributed by atoms with Crippen LogP contribution < -0.4 is 10.1 Å². The summed E-state index contributed by atoms with van der Waals surface area (Å²) in [5.74, 6) is 0.284. The van der Waals surface area contributed by atoms with Crippen molar-refractivity contribution in [1.82, 2.24) is 30.1 Å². The fraction of sp³-hybridized carbons (Fsp3) is 0.600. The Morgan fingerprint density at radius 1 is 1.24 bits per heavy atom. The van der Waals surface area contributed by atoms with Crippen LogP contribution in [0, 0.1) is 0 Å². The van der Waals surface area contributed by atoms with E-state index in [2.05, 4.69) is 20.5 Å². The van der Waals surface area contributed by atoms with Gasteiger partial charge >= 0.3 is 6.09 Å². The number of likely N-dealkylation sites (tertiary alicyclic amines) is 2. The largest absolute Gasteiger partial charge is 0.492 e. The molecule has 3 aliphatic rings. The Labute approximate surface area is 221 Å². The number of amides is 2. The van der Waals surface area contributed by atoms with E-state index in [-0.39, 0.29) is 24.1 Å². The summed E-state index contributed by atoms with van der Waals surface area (Å²) < 4.78 is 19.1. The number of rotatable bonds is 2. The molecular weight excluding hydrogens is 500 g/mol. The molecule has 5 rings (SSSR count). The van der Waals surface area contributed by atoms with Gasteiger partial charge in [-0.05, 0) is 38.0 Å². The molecule has 2 aromatic rings. The normalized spacial score (nSPS) is 23.7. The summed E-state index contributed by atoms with van der Waals surface area (Å²) in [5.41, 5.74) is 1.23. The number of carbonyl (C=O) groups is 2. The fourth-order valence-corrected chi connectivity index (χ4v) is 5.33. The van der Waals surface area contributed by atoms with E-state index in [9.17, 15) is 9.59 Å². The number of ether oxygens (including phenoxy) is 3. The second kappa shape index (κ2) is 11.7. The second-order valence-electron chi connectivity index (χ2n) is 9.62. The maximum atomic E-state index is 13.2. The zero-order valence-corrected chi connectivity index (χ0v) is 21.7. The standard InChI is InChI=1S/C25H33ClN6O5/c1-2-35-25(34)30-9-6-19(7-10-30)31-14-21-23(15-31)37-16-18-13-32(29-28-18)8-3-11-36-22-12-17(24(33)27-21)4-5-20(22)26/h4-5,12-13,19,21,23H,2-3,6-11,14-16H2,1H3,(H,27,33)/t21-,23-/m0/s1. The summed E-state index contributed by atoms with van der Waals surface area (Å²) in [6, 6.07) is 5.16. The molecule has 2 atom stereocenters. The van der Waals surface area contributed by atoms with Crippen LogP contribution in [0.2, 0.25) is 5.02 Å². The molecule has 3 aliphatic heterocycles. The van der Waals surface area contributed by atoms with Gasteiger partial charge in [0.25, 0.3) is 5.91 Å². The molecule has 0 spiro atoms. The Morgan fingerprint density at radius 3 is 2.89 bits per heavy atom. The molecule has 4 bridgehead atoms. The number of halogens is 1. The minimum Gasteiger partial charge on any atom is -0.492 e. The highest BCUT2D eigenvalue weighted by molar-refractivity contribution is 6.32. The monoisotopic (exact) mass is 532 g/mol. The number of benzene rings is 1. The zero-order valence-electron chi connectivity index (χ0n) is 21.0. The van der Waals surface area contributed by atoms with E-state index < -0.39 is 0 Å². The lowest BCUT2D eigenvalue weighted by atomic mass is 10.0. The van der Waals surface area contributed by atoms with Crippen molar-refractivity contribution in [3.63, 3.8) is 0 Å². The predicted octanol–water partition coefficient (Wildman–Crippen LogP) is 2.33. The Bertz CT molecular complexity index is 1100. The molecule has 0 saturated carbocycles. The van der Waals surface area contributed by atoms with Gasteiger partial charge in [-0.3, -0.25) is 14.4 Å². The topological polar surface area (TPSA) is 111 Å². The van der Waals surface area contributed by atoms with E-state index >= 15 is 0 Å². The Kier molecular flexibility index (Phi) is 8.11. The summed E-state index contributed by atoms with van der Waals surface area (Å²) in [5, 5.41) is 12.1. The van der Waals surface area contributed by atoms with Crippen molar-refractivity contribution in [1.29, 1.82) is 0 Å². The van der Waals surface area contributed by atoms with Crippen LogP contribution >= 0.6 is 11.6 Å². The van der Waals surface area contributed by atoms with Crippen molar-refractivity contribution in [3.8, 4) is 5.75 Å². The number of aryl methyl sites for hydroxylation is 1. The van der Waals surface area contributed by atoms with Gasteiger partial charge < -0.3 is 24.4 Å². The lowest BCUT2D eigenvalue weighted by Gasteiger charge is -2.36. The van der Waals surface area contributed by atoms with Crippen molar-refractivity contribution < 1.29 is 23.8 Å². The highest BCUT2D eigenvalue weighted by Crippen LogP contribution is 2.27. The second-order valence-corrected chi connectivity index (χ2v) is 10.0. The summed E-state index contributed by atoms with van der Waals surface area (Å²) >= 11 is 6.31. The third kappa shape index (κ3) is 6.16. The Morgan fingerprint density at radius 2 is 2.08 bits per heavy atom. The van der Waals surface area contributed by atoms with Crippen molar-refractivity contribution in [2.75, 3.05) is 39.4 Å². The van der Waals surface area contributed by atoms with Gasteiger partial charge in [-0.2, -0.15) is 0 Å². The average molecular weight is 533 g/mol. The zero-order chi connectivity index (χ0) is 25.8. The summed E-state index contributed by atoms with van der Waals surface area (Å²) in [4.78, 5) is 29.4. The fourth-order valence-electron chi connectivity index (χ4n) is 5.16. The molecule has 200 valence electrons. The van der Waals surface area contributed by atoms with Crippen LogP contribution in [0.3, 0.4) is 0 Å². The Balaban J connectivity index is 1.31.